The van der Waals surface area contributed by atoms with Crippen molar-refractivity contribution >= 4 is 22.7 Å². The molecule has 4 nitrogen and oxygen atoms in total. The van der Waals surface area contributed by atoms with Gasteiger partial charge in [0.1, 0.15) is 11.5 Å². The van der Waals surface area contributed by atoms with Crippen molar-refractivity contribution in [3.63, 3.8) is 0 Å². The summed E-state index contributed by atoms with van der Waals surface area (Å²) in [5.41, 5.74) is 3.85. The van der Waals surface area contributed by atoms with E-state index < -0.39 is 0 Å². The van der Waals surface area contributed by atoms with Crippen LogP contribution < -0.4 is 20.1 Å². The van der Waals surface area contributed by atoms with Crippen molar-refractivity contribution in [2.45, 2.75) is 0 Å². The van der Waals surface area contributed by atoms with Gasteiger partial charge in [0.05, 0.1) is 25.6 Å². The fourth-order valence-electron chi connectivity index (χ4n) is 2.44. The van der Waals surface area contributed by atoms with Crippen LogP contribution in [-0.2, 0) is 0 Å². The van der Waals surface area contributed by atoms with Gasteiger partial charge in [0.25, 0.3) is 0 Å². The highest BCUT2D eigenvalue weighted by atomic mass is 16.5. The number of ether oxygens (including phenoxy) is 2. The van der Waals surface area contributed by atoms with Crippen LogP contribution in [0, 0.1) is 0 Å². The molecule has 24 heavy (non-hydrogen) atoms. The Morgan fingerprint density at radius 1 is 0.542 bits per heavy atom. The van der Waals surface area contributed by atoms with Gasteiger partial charge < -0.3 is 20.1 Å². The molecule has 0 aliphatic carbocycles. The molecule has 2 N–H and O–H groups in total. The smallest absolute Gasteiger partial charge is 0.142 e. The molecule has 0 aromatic heterocycles. The lowest BCUT2D eigenvalue weighted by atomic mass is 10.2. The van der Waals surface area contributed by atoms with Crippen molar-refractivity contribution in [2.75, 3.05) is 24.9 Å². The van der Waals surface area contributed by atoms with E-state index in [0.717, 1.165) is 34.2 Å². The SMILES string of the molecule is COc1ccccc1Nc1ccc(Nc2ccccc2OC)cc1. The molecule has 0 spiro atoms. The molecule has 3 aromatic rings. The first-order valence-corrected chi connectivity index (χ1v) is 7.70. The maximum atomic E-state index is 5.36. The number of methoxy groups -OCH3 is 2. The molecular formula is C20H20N2O2. The fourth-order valence-corrected chi connectivity index (χ4v) is 2.44. The molecular weight excluding hydrogens is 300 g/mol. The van der Waals surface area contributed by atoms with Crippen LogP contribution in [0.1, 0.15) is 0 Å². The van der Waals surface area contributed by atoms with Gasteiger partial charge in [-0.1, -0.05) is 24.3 Å². The van der Waals surface area contributed by atoms with E-state index in [4.69, 9.17) is 9.47 Å². The summed E-state index contributed by atoms with van der Waals surface area (Å²) < 4.78 is 10.7. The molecule has 0 aliphatic rings. The maximum absolute atomic E-state index is 5.36. The highest BCUT2D eigenvalue weighted by molar-refractivity contribution is 5.70. The number of rotatable bonds is 6. The summed E-state index contributed by atoms with van der Waals surface area (Å²) in [6.45, 7) is 0. The Bertz CT molecular complexity index is 732. The second kappa shape index (κ2) is 7.42. The lowest BCUT2D eigenvalue weighted by Gasteiger charge is -2.13. The Morgan fingerprint density at radius 2 is 0.917 bits per heavy atom. The van der Waals surface area contributed by atoms with Crippen LogP contribution in [0.4, 0.5) is 22.7 Å². The van der Waals surface area contributed by atoms with E-state index >= 15 is 0 Å². The molecule has 0 amide bonds. The zero-order valence-corrected chi connectivity index (χ0v) is 13.7. The minimum atomic E-state index is 0.814. The van der Waals surface area contributed by atoms with Crippen LogP contribution >= 0.6 is 0 Å². The Labute approximate surface area is 142 Å². The minimum absolute atomic E-state index is 0.814. The summed E-state index contributed by atoms with van der Waals surface area (Å²) >= 11 is 0. The molecule has 4 heteroatoms. The number of hydrogen-bond acceptors (Lipinski definition) is 4. The van der Waals surface area contributed by atoms with E-state index in [2.05, 4.69) is 10.6 Å². The third-order valence-corrected chi connectivity index (χ3v) is 3.66. The quantitative estimate of drug-likeness (QED) is 0.656. The molecule has 0 bridgehead atoms. The van der Waals surface area contributed by atoms with Crippen molar-refractivity contribution in [1.29, 1.82) is 0 Å². The van der Waals surface area contributed by atoms with Gasteiger partial charge in [0, 0.05) is 11.4 Å². The highest BCUT2D eigenvalue weighted by Gasteiger charge is 2.04. The van der Waals surface area contributed by atoms with Gasteiger partial charge in [-0.15, -0.1) is 0 Å². The summed E-state index contributed by atoms with van der Waals surface area (Å²) in [7, 11) is 3.33. The van der Waals surface area contributed by atoms with E-state index in [1.165, 1.54) is 0 Å². The Kier molecular flexibility index (Phi) is 4.87. The monoisotopic (exact) mass is 320 g/mol. The molecule has 0 fully saturated rings. The number of nitrogens with one attached hydrogen (secondary N) is 2. The molecule has 3 rings (SSSR count). The summed E-state index contributed by atoms with van der Waals surface area (Å²) in [6, 6.07) is 23.8. The second-order valence-corrected chi connectivity index (χ2v) is 5.23. The summed E-state index contributed by atoms with van der Waals surface area (Å²) in [6.07, 6.45) is 0. The zero-order valence-electron chi connectivity index (χ0n) is 13.7. The topological polar surface area (TPSA) is 42.5 Å². The van der Waals surface area contributed by atoms with Crippen molar-refractivity contribution in [2.24, 2.45) is 0 Å². The van der Waals surface area contributed by atoms with Crippen LogP contribution in [0.15, 0.2) is 72.8 Å². The summed E-state index contributed by atoms with van der Waals surface area (Å²) in [4.78, 5) is 0. The summed E-state index contributed by atoms with van der Waals surface area (Å²) in [5.74, 6) is 1.63. The molecule has 0 saturated carbocycles. The largest absolute Gasteiger partial charge is 0.495 e. The number of para-hydroxylation sites is 4. The van der Waals surface area contributed by atoms with Crippen molar-refractivity contribution in [3.8, 4) is 11.5 Å². The number of hydrogen-bond donors (Lipinski definition) is 2. The van der Waals surface area contributed by atoms with Gasteiger partial charge in [-0.05, 0) is 48.5 Å². The minimum Gasteiger partial charge on any atom is -0.495 e. The highest BCUT2D eigenvalue weighted by Crippen LogP contribution is 2.30. The van der Waals surface area contributed by atoms with Gasteiger partial charge >= 0.3 is 0 Å². The normalized spacial score (nSPS) is 10.1. The van der Waals surface area contributed by atoms with Gasteiger partial charge in [-0.3, -0.25) is 0 Å². The fraction of sp³-hybridized carbons (Fsp3) is 0.100. The first-order chi connectivity index (χ1) is 11.8. The Hall–Kier alpha value is -3.14. The number of anilines is 4. The van der Waals surface area contributed by atoms with Crippen LogP contribution in [0.25, 0.3) is 0 Å². The van der Waals surface area contributed by atoms with Crippen LogP contribution in [0.2, 0.25) is 0 Å². The lowest BCUT2D eigenvalue weighted by molar-refractivity contribution is 0.416. The predicted octanol–water partition coefficient (Wildman–Crippen LogP) is 5.19. The van der Waals surface area contributed by atoms with Gasteiger partial charge in [-0.2, -0.15) is 0 Å². The van der Waals surface area contributed by atoms with Crippen LogP contribution in [0.3, 0.4) is 0 Å². The number of benzene rings is 3. The van der Waals surface area contributed by atoms with Crippen molar-refractivity contribution in [1.82, 2.24) is 0 Å². The zero-order chi connectivity index (χ0) is 16.8. The van der Waals surface area contributed by atoms with Crippen molar-refractivity contribution in [3.05, 3.63) is 72.8 Å². The molecule has 0 aliphatic heterocycles. The molecule has 3 aromatic carbocycles. The van der Waals surface area contributed by atoms with E-state index in [9.17, 15) is 0 Å². The van der Waals surface area contributed by atoms with Crippen LogP contribution in [-0.4, -0.2) is 14.2 Å². The van der Waals surface area contributed by atoms with Gasteiger partial charge in [0.15, 0.2) is 0 Å². The lowest BCUT2D eigenvalue weighted by Crippen LogP contribution is -1.96. The molecule has 0 saturated heterocycles. The predicted molar refractivity (Wildman–Crippen MR) is 99.0 cm³/mol. The van der Waals surface area contributed by atoms with Gasteiger partial charge in [-0.25, -0.2) is 0 Å². The second-order valence-electron chi connectivity index (χ2n) is 5.23. The molecule has 0 heterocycles. The third-order valence-electron chi connectivity index (χ3n) is 3.66. The molecule has 122 valence electrons. The third kappa shape index (κ3) is 3.60. The average molecular weight is 320 g/mol. The Balaban J connectivity index is 1.74. The van der Waals surface area contributed by atoms with E-state index in [-0.39, 0.29) is 0 Å². The van der Waals surface area contributed by atoms with E-state index in [1.807, 2.05) is 72.8 Å². The average Bonchev–Trinajstić information content (AvgIpc) is 2.64. The first kappa shape index (κ1) is 15.7. The Morgan fingerprint density at radius 3 is 1.29 bits per heavy atom. The van der Waals surface area contributed by atoms with E-state index in [1.54, 1.807) is 14.2 Å². The molecule has 0 atom stereocenters. The molecule has 0 radical (unpaired) electrons. The van der Waals surface area contributed by atoms with Crippen molar-refractivity contribution < 1.29 is 9.47 Å². The van der Waals surface area contributed by atoms with Crippen LogP contribution in [0.5, 0.6) is 11.5 Å². The first-order valence-electron chi connectivity index (χ1n) is 7.70. The maximum Gasteiger partial charge on any atom is 0.142 e. The standard InChI is InChI=1S/C20H20N2O2/c1-23-19-9-5-3-7-17(19)21-15-11-13-16(14-12-15)22-18-8-4-6-10-20(18)24-2/h3-14,21-22H,1-2H3. The molecule has 0 unspecified atom stereocenters. The van der Waals surface area contributed by atoms with E-state index in [0.29, 0.717) is 0 Å². The summed E-state index contributed by atoms with van der Waals surface area (Å²) in [5, 5.41) is 6.72. The van der Waals surface area contributed by atoms with Gasteiger partial charge in [0.2, 0.25) is 0 Å².